The Morgan fingerprint density at radius 2 is 2.13 bits per heavy atom. The van der Waals surface area contributed by atoms with Gasteiger partial charge in [0.2, 0.25) is 0 Å². The average molecular weight is 226 g/mol. The second-order valence-electron chi connectivity index (χ2n) is 4.15. The van der Waals surface area contributed by atoms with E-state index in [1.807, 2.05) is 13.0 Å². The third-order valence-electron chi connectivity index (χ3n) is 2.61. The van der Waals surface area contributed by atoms with E-state index in [0.717, 1.165) is 17.1 Å². The summed E-state index contributed by atoms with van der Waals surface area (Å²) < 4.78 is 0. The van der Waals surface area contributed by atoms with E-state index in [4.69, 9.17) is 11.6 Å². The Kier molecular flexibility index (Phi) is 5.13. The number of halogens is 1. The van der Waals surface area contributed by atoms with Crippen molar-refractivity contribution in [3.05, 3.63) is 34.3 Å². The molecule has 1 N–H and O–H groups in total. The van der Waals surface area contributed by atoms with Crippen molar-refractivity contribution < 1.29 is 0 Å². The number of rotatable bonds is 5. The third-order valence-corrected chi connectivity index (χ3v) is 3.02. The highest BCUT2D eigenvalue weighted by atomic mass is 35.5. The Labute approximate surface area is 97.8 Å². The highest BCUT2D eigenvalue weighted by Crippen LogP contribution is 2.16. The number of aryl methyl sites for hydroxylation is 1. The zero-order valence-corrected chi connectivity index (χ0v) is 10.6. The van der Waals surface area contributed by atoms with Gasteiger partial charge in [-0.05, 0) is 37.5 Å². The predicted octanol–water partition coefficient (Wildman–Crippen LogP) is 3.93. The second kappa shape index (κ2) is 6.14. The van der Waals surface area contributed by atoms with Gasteiger partial charge in [0.1, 0.15) is 0 Å². The molecule has 0 aliphatic carbocycles. The van der Waals surface area contributed by atoms with Crippen LogP contribution in [0, 0.1) is 6.92 Å². The molecule has 0 aliphatic rings. The molecule has 1 atom stereocenters. The van der Waals surface area contributed by atoms with Gasteiger partial charge in [0.05, 0.1) is 0 Å². The van der Waals surface area contributed by atoms with Gasteiger partial charge >= 0.3 is 0 Å². The lowest BCUT2D eigenvalue weighted by Gasteiger charge is -2.13. The summed E-state index contributed by atoms with van der Waals surface area (Å²) >= 11 is 6.06. The summed E-state index contributed by atoms with van der Waals surface area (Å²) in [5.41, 5.74) is 2.40. The van der Waals surface area contributed by atoms with Gasteiger partial charge in [-0.3, -0.25) is 0 Å². The first kappa shape index (κ1) is 12.5. The minimum atomic E-state index is 0.579. The molecule has 1 aromatic rings. The van der Waals surface area contributed by atoms with Gasteiger partial charge in [-0.25, -0.2) is 0 Å². The van der Waals surface area contributed by atoms with Crippen LogP contribution >= 0.6 is 11.6 Å². The summed E-state index contributed by atoms with van der Waals surface area (Å²) in [7, 11) is 0. The molecule has 1 nitrogen and oxygen atoms in total. The number of hydrogen-bond donors (Lipinski definition) is 1. The van der Waals surface area contributed by atoms with Crippen LogP contribution in [-0.4, -0.2) is 6.04 Å². The van der Waals surface area contributed by atoms with E-state index in [-0.39, 0.29) is 0 Å². The van der Waals surface area contributed by atoms with E-state index in [9.17, 15) is 0 Å². The molecule has 84 valence electrons. The van der Waals surface area contributed by atoms with Gasteiger partial charge < -0.3 is 5.32 Å². The van der Waals surface area contributed by atoms with E-state index in [2.05, 4.69) is 31.3 Å². The predicted molar refractivity (Wildman–Crippen MR) is 67.4 cm³/mol. The maximum Gasteiger partial charge on any atom is 0.0438 e. The highest BCUT2D eigenvalue weighted by Gasteiger charge is 2.01. The molecule has 1 unspecified atom stereocenters. The number of nitrogens with one attached hydrogen (secondary N) is 1. The molecule has 0 aromatic heterocycles. The van der Waals surface area contributed by atoms with Gasteiger partial charge in [-0.1, -0.05) is 37.1 Å². The Hall–Kier alpha value is -0.530. The monoisotopic (exact) mass is 225 g/mol. The van der Waals surface area contributed by atoms with Gasteiger partial charge in [-0.2, -0.15) is 0 Å². The Balaban J connectivity index is 2.47. The van der Waals surface area contributed by atoms with E-state index in [1.54, 1.807) is 0 Å². The van der Waals surface area contributed by atoms with Gasteiger partial charge in [0.15, 0.2) is 0 Å². The molecule has 2 heteroatoms. The first-order valence-electron chi connectivity index (χ1n) is 5.62. The standard InChI is InChI=1S/C13H20ClN/c1-4-5-11(3)15-9-12-7-6-10(2)13(14)8-12/h6-8,11,15H,4-5,9H2,1-3H3. The van der Waals surface area contributed by atoms with Crippen molar-refractivity contribution in [2.75, 3.05) is 0 Å². The van der Waals surface area contributed by atoms with Crippen molar-refractivity contribution in [1.29, 1.82) is 0 Å². The lowest BCUT2D eigenvalue weighted by atomic mass is 10.1. The van der Waals surface area contributed by atoms with Crippen LogP contribution in [0.4, 0.5) is 0 Å². The van der Waals surface area contributed by atoms with Crippen molar-refractivity contribution >= 4 is 11.6 Å². The quantitative estimate of drug-likeness (QED) is 0.801. The maximum atomic E-state index is 6.06. The van der Waals surface area contributed by atoms with Crippen LogP contribution in [0.5, 0.6) is 0 Å². The van der Waals surface area contributed by atoms with Crippen LogP contribution in [-0.2, 0) is 6.54 Å². The lowest BCUT2D eigenvalue weighted by Crippen LogP contribution is -2.25. The van der Waals surface area contributed by atoms with Crippen LogP contribution in [0.25, 0.3) is 0 Å². The molecule has 0 fully saturated rings. The SMILES string of the molecule is CCCC(C)NCc1ccc(C)c(Cl)c1. The average Bonchev–Trinajstić information content (AvgIpc) is 2.20. The fourth-order valence-corrected chi connectivity index (χ4v) is 1.78. The molecule has 15 heavy (non-hydrogen) atoms. The lowest BCUT2D eigenvalue weighted by molar-refractivity contribution is 0.508. The highest BCUT2D eigenvalue weighted by molar-refractivity contribution is 6.31. The first-order valence-corrected chi connectivity index (χ1v) is 5.99. The molecular formula is C13H20ClN. The zero-order valence-electron chi connectivity index (χ0n) is 9.81. The minimum absolute atomic E-state index is 0.579. The molecule has 0 amide bonds. The molecule has 0 bridgehead atoms. The fourth-order valence-electron chi connectivity index (χ4n) is 1.57. The third kappa shape index (κ3) is 4.23. The van der Waals surface area contributed by atoms with Crippen molar-refractivity contribution in [1.82, 2.24) is 5.32 Å². The molecule has 1 aromatic carbocycles. The summed E-state index contributed by atoms with van der Waals surface area (Å²) in [5, 5.41) is 4.35. The molecule has 0 saturated carbocycles. The summed E-state index contributed by atoms with van der Waals surface area (Å²) in [4.78, 5) is 0. The normalized spacial score (nSPS) is 12.8. The molecule has 0 heterocycles. The Morgan fingerprint density at radius 3 is 2.73 bits per heavy atom. The topological polar surface area (TPSA) is 12.0 Å². The molecule has 0 saturated heterocycles. The van der Waals surface area contributed by atoms with E-state index in [1.165, 1.54) is 18.4 Å². The van der Waals surface area contributed by atoms with E-state index >= 15 is 0 Å². The van der Waals surface area contributed by atoms with Crippen LogP contribution in [0.15, 0.2) is 18.2 Å². The molecule has 0 radical (unpaired) electrons. The maximum absolute atomic E-state index is 6.06. The van der Waals surface area contributed by atoms with E-state index < -0.39 is 0 Å². The van der Waals surface area contributed by atoms with Crippen molar-refractivity contribution in [2.24, 2.45) is 0 Å². The van der Waals surface area contributed by atoms with Gasteiger partial charge in [-0.15, -0.1) is 0 Å². The summed E-state index contributed by atoms with van der Waals surface area (Å²) in [5.74, 6) is 0. The summed E-state index contributed by atoms with van der Waals surface area (Å²) in [6.07, 6.45) is 2.45. The van der Waals surface area contributed by atoms with Gasteiger partial charge in [0.25, 0.3) is 0 Å². The summed E-state index contributed by atoms with van der Waals surface area (Å²) in [6.45, 7) is 7.36. The van der Waals surface area contributed by atoms with Crippen molar-refractivity contribution in [2.45, 2.75) is 46.2 Å². The second-order valence-corrected chi connectivity index (χ2v) is 4.56. The van der Waals surface area contributed by atoms with Gasteiger partial charge in [0, 0.05) is 17.6 Å². The smallest absolute Gasteiger partial charge is 0.0438 e. The molecular weight excluding hydrogens is 206 g/mol. The molecule has 0 aliphatic heterocycles. The first-order chi connectivity index (χ1) is 7.13. The largest absolute Gasteiger partial charge is 0.310 e. The molecule has 0 spiro atoms. The van der Waals surface area contributed by atoms with Crippen molar-refractivity contribution in [3.8, 4) is 0 Å². The minimum Gasteiger partial charge on any atom is -0.310 e. The van der Waals surface area contributed by atoms with Crippen LogP contribution in [0.1, 0.15) is 37.8 Å². The van der Waals surface area contributed by atoms with Crippen LogP contribution < -0.4 is 5.32 Å². The molecule has 1 rings (SSSR count). The van der Waals surface area contributed by atoms with Crippen molar-refractivity contribution in [3.63, 3.8) is 0 Å². The summed E-state index contributed by atoms with van der Waals surface area (Å²) in [6, 6.07) is 6.83. The van der Waals surface area contributed by atoms with E-state index in [0.29, 0.717) is 6.04 Å². The fraction of sp³-hybridized carbons (Fsp3) is 0.538. The van der Waals surface area contributed by atoms with Crippen LogP contribution in [0.2, 0.25) is 5.02 Å². The Morgan fingerprint density at radius 1 is 1.40 bits per heavy atom. The zero-order chi connectivity index (χ0) is 11.3. The number of hydrogen-bond acceptors (Lipinski definition) is 1. The van der Waals surface area contributed by atoms with Crippen LogP contribution in [0.3, 0.4) is 0 Å². The Bertz CT molecular complexity index is 309. The number of benzene rings is 1.